The number of carboxylic acid groups (broad SMARTS) is 1. The van der Waals surface area contributed by atoms with Gasteiger partial charge < -0.3 is 9.84 Å². The van der Waals surface area contributed by atoms with Crippen LogP contribution in [0, 0.1) is 0 Å². The molecule has 0 spiro atoms. The largest absolute Gasteiger partial charge is 0.496 e. The van der Waals surface area contributed by atoms with Gasteiger partial charge in [-0.3, -0.25) is 4.79 Å². The van der Waals surface area contributed by atoms with Gasteiger partial charge in [0.25, 0.3) is 0 Å². The van der Waals surface area contributed by atoms with Crippen molar-refractivity contribution >= 4 is 39.3 Å². The van der Waals surface area contributed by atoms with E-state index >= 15 is 0 Å². The zero-order valence-corrected chi connectivity index (χ0v) is 13.3. The minimum absolute atomic E-state index is 0.0219. The number of aliphatic carboxylic acids is 1. The molecule has 0 aliphatic rings. The molecule has 0 saturated heterocycles. The van der Waals surface area contributed by atoms with Crippen molar-refractivity contribution in [1.29, 1.82) is 0 Å². The first-order valence-corrected chi connectivity index (χ1v) is 8.22. The van der Waals surface area contributed by atoms with Crippen LogP contribution in [0.4, 0.5) is 0 Å². The number of hydrogen-bond acceptors (Lipinski definition) is 6. The van der Waals surface area contributed by atoms with E-state index in [0.717, 1.165) is 26.4 Å². The molecule has 0 aliphatic heterocycles. The average Bonchev–Trinajstić information content (AvgIpc) is 2.97. The van der Waals surface area contributed by atoms with Gasteiger partial charge in [-0.2, -0.15) is 0 Å². The first-order chi connectivity index (χ1) is 10.7. The Hall–Kier alpha value is -2.12. The van der Waals surface area contributed by atoms with Crippen LogP contribution < -0.4 is 4.74 Å². The number of ether oxygens (including phenoxy) is 1. The number of carboxylic acids is 1. The molecular weight excluding hydrogens is 320 g/mol. The molecule has 2 aromatic heterocycles. The van der Waals surface area contributed by atoms with E-state index in [2.05, 4.69) is 9.97 Å². The van der Waals surface area contributed by atoms with Crippen LogP contribution in [-0.4, -0.2) is 33.9 Å². The summed E-state index contributed by atoms with van der Waals surface area (Å²) in [6, 6.07) is 9.76. The molecule has 0 unspecified atom stereocenters. The maximum absolute atomic E-state index is 10.7. The first-order valence-electron chi connectivity index (χ1n) is 6.41. The summed E-state index contributed by atoms with van der Waals surface area (Å²) in [6.07, 6.45) is 1.47. The van der Waals surface area contributed by atoms with E-state index in [9.17, 15) is 4.79 Å². The van der Waals surface area contributed by atoms with E-state index in [1.165, 1.54) is 29.4 Å². The van der Waals surface area contributed by atoms with Crippen molar-refractivity contribution in [2.75, 3.05) is 12.9 Å². The molecule has 0 saturated carbocycles. The van der Waals surface area contributed by atoms with Crippen LogP contribution in [-0.2, 0) is 4.79 Å². The van der Waals surface area contributed by atoms with E-state index in [-0.39, 0.29) is 5.75 Å². The van der Waals surface area contributed by atoms with Crippen molar-refractivity contribution in [3.63, 3.8) is 0 Å². The number of nitrogens with zero attached hydrogens (tertiary/aromatic N) is 2. The lowest BCUT2D eigenvalue weighted by Gasteiger charge is -2.05. The number of hydrogen-bond donors (Lipinski definition) is 1. The lowest BCUT2D eigenvalue weighted by molar-refractivity contribution is -0.133. The number of methoxy groups -OCH3 is 1. The number of aromatic nitrogens is 2. The standard InChI is InChI=1S/C15H12N2O3S2/c1-20-11-5-3-2-4-9(11)12-6-10-14(21-7-13(18)19)16-8-17-15(10)22-12/h2-6,8H,7H2,1H3,(H,18,19). The Morgan fingerprint density at radius 3 is 2.95 bits per heavy atom. The van der Waals surface area contributed by atoms with E-state index in [0.29, 0.717) is 5.03 Å². The number of carbonyl (C=O) groups is 1. The predicted octanol–water partition coefficient (Wildman–Crippen LogP) is 3.54. The normalized spacial score (nSPS) is 10.8. The third-order valence-electron chi connectivity index (χ3n) is 3.00. The first kappa shape index (κ1) is 14.8. The Bertz CT molecular complexity index is 833. The summed E-state index contributed by atoms with van der Waals surface area (Å²) in [4.78, 5) is 21.1. The van der Waals surface area contributed by atoms with Crippen molar-refractivity contribution in [2.45, 2.75) is 5.03 Å². The fraction of sp³-hybridized carbons (Fsp3) is 0.133. The minimum atomic E-state index is -0.864. The lowest BCUT2D eigenvalue weighted by atomic mass is 10.1. The zero-order valence-electron chi connectivity index (χ0n) is 11.6. The molecule has 2 heterocycles. The summed E-state index contributed by atoms with van der Waals surface area (Å²) < 4.78 is 5.39. The fourth-order valence-corrected chi connectivity index (χ4v) is 3.85. The smallest absolute Gasteiger partial charge is 0.313 e. The molecule has 0 atom stereocenters. The molecule has 0 amide bonds. The highest BCUT2D eigenvalue weighted by Gasteiger charge is 2.13. The highest BCUT2D eigenvalue weighted by atomic mass is 32.2. The van der Waals surface area contributed by atoms with Gasteiger partial charge in [0.15, 0.2) is 0 Å². The third kappa shape index (κ3) is 2.90. The van der Waals surface area contributed by atoms with E-state index in [4.69, 9.17) is 9.84 Å². The molecule has 22 heavy (non-hydrogen) atoms. The summed E-state index contributed by atoms with van der Waals surface area (Å²) in [5, 5.41) is 10.4. The van der Waals surface area contributed by atoms with Crippen LogP contribution in [0.5, 0.6) is 5.75 Å². The van der Waals surface area contributed by atoms with Gasteiger partial charge in [-0.25, -0.2) is 9.97 Å². The molecule has 0 aliphatic carbocycles. The Morgan fingerprint density at radius 1 is 1.36 bits per heavy atom. The van der Waals surface area contributed by atoms with Gasteiger partial charge in [0.1, 0.15) is 21.9 Å². The van der Waals surface area contributed by atoms with Gasteiger partial charge in [-0.15, -0.1) is 11.3 Å². The lowest BCUT2D eigenvalue weighted by Crippen LogP contribution is -1.98. The van der Waals surface area contributed by atoms with Gasteiger partial charge in [0.2, 0.25) is 0 Å². The van der Waals surface area contributed by atoms with E-state index < -0.39 is 5.97 Å². The van der Waals surface area contributed by atoms with E-state index in [1.54, 1.807) is 7.11 Å². The molecule has 1 aromatic carbocycles. The maximum Gasteiger partial charge on any atom is 0.313 e. The number of thioether (sulfide) groups is 1. The molecule has 112 valence electrons. The zero-order chi connectivity index (χ0) is 15.5. The minimum Gasteiger partial charge on any atom is -0.496 e. The summed E-state index contributed by atoms with van der Waals surface area (Å²) in [7, 11) is 1.64. The number of benzene rings is 1. The molecule has 3 aromatic rings. The monoisotopic (exact) mass is 332 g/mol. The molecule has 0 bridgehead atoms. The molecule has 0 fully saturated rings. The van der Waals surface area contributed by atoms with Crippen molar-refractivity contribution in [1.82, 2.24) is 9.97 Å². The SMILES string of the molecule is COc1ccccc1-c1cc2c(SCC(=O)O)ncnc2s1. The highest BCUT2D eigenvalue weighted by molar-refractivity contribution is 8.00. The van der Waals surface area contributed by atoms with Crippen LogP contribution in [0.2, 0.25) is 0 Å². The molecular formula is C15H12N2O3S2. The van der Waals surface area contributed by atoms with Crippen molar-refractivity contribution in [2.24, 2.45) is 0 Å². The highest BCUT2D eigenvalue weighted by Crippen LogP contribution is 2.39. The van der Waals surface area contributed by atoms with Crippen molar-refractivity contribution in [3.8, 4) is 16.2 Å². The van der Waals surface area contributed by atoms with Crippen LogP contribution in [0.25, 0.3) is 20.7 Å². The summed E-state index contributed by atoms with van der Waals surface area (Å²) >= 11 is 2.74. The van der Waals surface area contributed by atoms with Crippen molar-refractivity contribution < 1.29 is 14.6 Å². The number of para-hydroxylation sites is 1. The fourth-order valence-electron chi connectivity index (χ4n) is 2.06. The second-order valence-electron chi connectivity index (χ2n) is 4.39. The Kier molecular flexibility index (Phi) is 4.26. The van der Waals surface area contributed by atoms with Gasteiger partial charge in [-0.05, 0) is 18.2 Å². The van der Waals surface area contributed by atoms with Crippen LogP contribution >= 0.6 is 23.1 Å². The number of thiophene rings is 1. The second kappa shape index (κ2) is 6.33. The summed E-state index contributed by atoms with van der Waals surface area (Å²) in [6.45, 7) is 0. The quantitative estimate of drug-likeness (QED) is 0.569. The van der Waals surface area contributed by atoms with Gasteiger partial charge in [0.05, 0.1) is 12.9 Å². The van der Waals surface area contributed by atoms with Crippen LogP contribution in [0.1, 0.15) is 0 Å². The second-order valence-corrected chi connectivity index (χ2v) is 6.39. The van der Waals surface area contributed by atoms with Gasteiger partial charge in [-0.1, -0.05) is 23.9 Å². The van der Waals surface area contributed by atoms with Crippen LogP contribution in [0.15, 0.2) is 41.7 Å². The molecule has 0 radical (unpaired) electrons. The maximum atomic E-state index is 10.7. The molecule has 5 nitrogen and oxygen atoms in total. The number of fused-ring (bicyclic) bond motifs is 1. The summed E-state index contributed by atoms with van der Waals surface area (Å²) in [5.74, 6) is -0.0925. The van der Waals surface area contributed by atoms with Gasteiger partial charge >= 0.3 is 5.97 Å². The average molecular weight is 332 g/mol. The Morgan fingerprint density at radius 2 is 2.18 bits per heavy atom. The predicted molar refractivity (Wildman–Crippen MR) is 87.8 cm³/mol. The van der Waals surface area contributed by atoms with E-state index in [1.807, 2.05) is 30.3 Å². The van der Waals surface area contributed by atoms with Crippen molar-refractivity contribution in [3.05, 3.63) is 36.7 Å². The van der Waals surface area contributed by atoms with Crippen LogP contribution in [0.3, 0.4) is 0 Å². The Balaban J connectivity index is 2.06. The Labute approximate surface area is 135 Å². The molecule has 1 N–H and O–H groups in total. The summed E-state index contributed by atoms with van der Waals surface area (Å²) in [5.41, 5.74) is 0.988. The van der Waals surface area contributed by atoms with Gasteiger partial charge in [0, 0.05) is 15.8 Å². The third-order valence-corrected chi connectivity index (χ3v) is 5.06. The molecule has 3 rings (SSSR count). The topological polar surface area (TPSA) is 72.3 Å². The molecule has 7 heteroatoms. The number of rotatable bonds is 5.